The quantitative estimate of drug-likeness (QED) is 0.322. The van der Waals surface area contributed by atoms with Crippen LogP contribution in [0.3, 0.4) is 0 Å². The first-order valence-electron chi connectivity index (χ1n) is 14.1. The number of hydrogen-bond acceptors (Lipinski definition) is 5. The molecule has 2 aliphatic heterocycles. The Bertz CT molecular complexity index is 1450. The lowest BCUT2D eigenvalue weighted by Crippen LogP contribution is -2.46. The molecule has 1 N–H and O–H groups in total. The van der Waals surface area contributed by atoms with Crippen molar-refractivity contribution >= 4 is 5.69 Å². The van der Waals surface area contributed by atoms with Crippen LogP contribution in [0.1, 0.15) is 36.0 Å². The van der Waals surface area contributed by atoms with Crippen molar-refractivity contribution in [2.45, 2.75) is 37.8 Å². The van der Waals surface area contributed by atoms with Crippen LogP contribution < -0.4 is 4.90 Å². The highest BCUT2D eigenvalue weighted by atomic mass is 19.1. The number of hydrogen-bond donors (Lipinski definition) is 1. The zero-order valence-corrected chi connectivity index (χ0v) is 22.9. The summed E-state index contributed by atoms with van der Waals surface area (Å²) in [7, 11) is 0. The van der Waals surface area contributed by atoms with Crippen LogP contribution in [0.2, 0.25) is 0 Å². The summed E-state index contributed by atoms with van der Waals surface area (Å²) >= 11 is 0. The van der Waals surface area contributed by atoms with E-state index in [0.717, 1.165) is 63.5 Å². The van der Waals surface area contributed by atoms with Gasteiger partial charge in [0.05, 0.1) is 6.54 Å². The van der Waals surface area contributed by atoms with Gasteiger partial charge in [-0.05, 0) is 79.1 Å². The normalized spacial score (nSPS) is 18.6. The highest BCUT2D eigenvalue weighted by molar-refractivity contribution is 5.48. The van der Waals surface area contributed by atoms with Gasteiger partial charge in [-0.1, -0.05) is 30.3 Å². The molecular weight excluding hydrogens is 527 g/mol. The van der Waals surface area contributed by atoms with E-state index in [9.17, 15) is 18.3 Å². The standard InChI is InChI=1S/C32H34F3N5O/c33-26-5-1-24(2-6-26)17-25-3-8-28(9-4-25)39-15-12-31(13-16-39)11-14-38(19-31)20-32(41,21-40-23-36-22-37-40)29-10-7-27(34)18-30(29)35/h1-10,18,22-23,41H,11-17,19-21H2. The Morgan fingerprint density at radius 1 is 0.805 bits per heavy atom. The van der Waals surface area contributed by atoms with Crippen molar-refractivity contribution in [3.63, 3.8) is 0 Å². The number of anilines is 1. The number of halogens is 3. The molecule has 41 heavy (non-hydrogen) atoms. The van der Waals surface area contributed by atoms with Gasteiger partial charge in [0.25, 0.3) is 0 Å². The highest BCUT2D eigenvalue weighted by Crippen LogP contribution is 2.42. The maximum atomic E-state index is 14.9. The topological polar surface area (TPSA) is 57.4 Å². The molecule has 1 aromatic heterocycles. The fourth-order valence-corrected chi connectivity index (χ4v) is 6.51. The summed E-state index contributed by atoms with van der Waals surface area (Å²) in [4.78, 5) is 8.58. The highest BCUT2D eigenvalue weighted by Gasteiger charge is 2.44. The molecule has 1 atom stereocenters. The van der Waals surface area contributed by atoms with Gasteiger partial charge in [0, 0.05) is 43.5 Å². The first-order valence-corrected chi connectivity index (χ1v) is 14.1. The Balaban J connectivity index is 1.08. The van der Waals surface area contributed by atoms with Crippen molar-refractivity contribution in [3.8, 4) is 0 Å². The van der Waals surface area contributed by atoms with E-state index in [-0.39, 0.29) is 29.9 Å². The Morgan fingerprint density at radius 2 is 1.46 bits per heavy atom. The second-order valence-electron chi connectivity index (χ2n) is 11.7. The number of piperidine rings is 1. The molecule has 0 aliphatic carbocycles. The van der Waals surface area contributed by atoms with Crippen molar-refractivity contribution in [1.82, 2.24) is 19.7 Å². The van der Waals surface area contributed by atoms with Crippen LogP contribution in [0.4, 0.5) is 18.9 Å². The van der Waals surface area contributed by atoms with Crippen molar-refractivity contribution in [1.29, 1.82) is 0 Å². The lowest BCUT2D eigenvalue weighted by atomic mass is 9.77. The van der Waals surface area contributed by atoms with Gasteiger partial charge in [-0.3, -0.25) is 4.90 Å². The fourth-order valence-electron chi connectivity index (χ4n) is 6.51. The molecule has 6 rings (SSSR count). The van der Waals surface area contributed by atoms with Crippen LogP contribution in [0.15, 0.2) is 79.4 Å². The average molecular weight is 562 g/mol. The van der Waals surface area contributed by atoms with Gasteiger partial charge in [-0.2, -0.15) is 5.10 Å². The summed E-state index contributed by atoms with van der Waals surface area (Å²) in [6.07, 6.45) is 6.72. The van der Waals surface area contributed by atoms with Gasteiger partial charge in [0.1, 0.15) is 35.7 Å². The number of β-amino-alcohol motifs (C(OH)–C–C–N with tert-alkyl or cyclic N) is 1. The Hall–Kier alpha value is -3.69. The summed E-state index contributed by atoms with van der Waals surface area (Å²) < 4.78 is 43.2. The molecule has 1 unspecified atom stereocenters. The summed E-state index contributed by atoms with van der Waals surface area (Å²) in [5, 5.41) is 15.9. The molecule has 3 heterocycles. The van der Waals surface area contributed by atoms with Gasteiger partial charge in [0.2, 0.25) is 0 Å². The van der Waals surface area contributed by atoms with Crippen LogP contribution in [0.5, 0.6) is 0 Å². The maximum absolute atomic E-state index is 14.9. The molecule has 0 saturated carbocycles. The number of nitrogens with zero attached hydrogens (tertiary/aromatic N) is 5. The number of rotatable bonds is 8. The second-order valence-corrected chi connectivity index (χ2v) is 11.7. The van der Waals surface area contributed by atoms with Crippen LogP contribution in [0, 0.1) is 22.9 Å². The Morgan fingerprint density at radius 3 is 2.12 bits per heavy atom. The molecule has 0 amide bonds. The molecule has 2 fully saturated rings. The van der Waals surface area contributed by atoms with Crippen molar-refractivity contribution in [3.05, 3.63) is 114 Å². The first kappa shape index (κ1) is 27.5. The van der Waals surface area contributed by atoms with E-state index < -0.39 is 17.2 Å². The number of aromatic nitrogens is 3. The van der Waals surface area contributed by atoms with Crippen LogP contribution in [-0.2, 0) is 18.6 Å². The van der Waals surface area contributed by atoms with Gasteiger partial charge in [-0.25, -0.2) is 22.8 Å². The predicted molar refractivity (Wildman–Crippen MR) is 151 cm³/mol. The minimum atomic E-state index is -1.59. The van der Waals surface area contributed by atoms with Crippen LogP contribution in [-0.4, -0.2) is 57.5 Å². The third-order valence-corrected chi connectivity index (χ3v) is 8.77. The molecule has 0 radical (unpaired) electrons. The van der Waals surface area contributed by atoms with E-state index in [4.69, 9.17) is 0 Å². The SMILES string of the molecule is OC(CN1CCC2(CCN(c3ccc(Cc4ccc(F)cc4)cc3)CC2)C1)(Cn1cncn1)c1ccc(F)cc1F. The molecule has 2 aliphatic rings. The minimum Gasteiger partial charge on any atom is -0.382 e. The Kier molecular flexibility index (Phi) is 7.57. The van der Waals surface area contributed by atoms with Crippen LogP contribution >= 0.6 is 0 Å². The van der Waals surface area contributed by atoms with Crippen LogP contribution in [0.25, 0.3) is 0 Å². The lowest BCUT2D eigenvalue weighted by Gasteiger charge is -2.41. The minimum absolute atomic E-state index is 0.0178. The zero-order valence-electron chi connectivity index (χ0n) is 22.9. The molecule has 2 saturated heterocycles. The van der Waals surface area contributed by atoms with E-state index in [2.05, 4.69) is 44.1 Å². The van der Waals surface area contributed by atoms with E-state index in [1.807, 2.05) is 12.1 Å². The summed E-state index contributed by atoms with van der Waals surface area (Å²) in [5.74, 6) is -1.66. The van der Waals surface area contributed by atoms with Gasteiger partial charge >= 0.3 is 0 Å². The molecule has 4 aromatic rings. The largest absolute Gasteiger partial charge is 0.382 e. The van der Waals surface area contributed by atoms with E-state index in [0.29, 0.717) is 0 Å². The third-order valence-electron chi connectivity index (χ3n) is 8.77. The van der Waals surface area contributed by atoms with Crippen molar-refractivity contribution in [2.24, 2.45) is 5.41 Å². The zero-order chi connectivity index (χ0) is 28.5. The van der Waals surface area contributed by atoms with Gasteiger partial charge in [0.15, 0.2) is 0 Å². The van der Waals surface area contributed by atoms with Gasteiger partial charge < -0.3 is 10.0 Å². The molecule has 1 spiro atoms. The predicted octanol–water partition coefficient (Wildman–Crippen LogP) is 5.17. The van der Waals surface area contributed by atoms with Gasteiger partial charge in [-0.15, -0.1) is 0 Å². The maximum Gasteiger partial charge on any atom is 0.137 e. The average Bonchev–Trinajstić information content (AvgIpc) is 3.60. The Labute approximate surface area is 238 Å². The monoisotopic (exact) mass is 561 g/mol. The number of aliphatic hydroxyl groups is 1. The van der Waals surface area contributed by atoms with E-state index >= 15 is 0 Å². The van der Waals surface area contributed by atoms with Crippen molar-refractivity contribution in [2.75, 3.05) is 37.6 Å². The number of likely N-dealkylation sites (tertiary alicyclic amines) is 1. The molecule has 0 bridgehead atoms. The molecule has 3 aromatic carbocycles. The smallest absolute Gasteiger partial charge is 0.137 e. The lowest BCUT2D eigenvalue weighted by molar-refractivity contribution is -0.0192. The first-order chi connectivity index (χ1) is 19.8. The second kappa shape index (κ2) is 11.3. The van der Waals surface area contributed by atoms with E-state index in [1.54, 1.807) is 0 Å². The molecule has 6 nitrogen and oxygen atoms in total. The molecular formula is C32H34F3N5O. The molecule has 9 heteroatoms. The summed E-state index contributed by atoms with van der Waals surface area (Å²) in [6.45, 7) is 3.75. The molecule has 214 valence electrons. The third kappa shape index (κ3) is 6.16. The summed E-state index contributed by atoms with van der Waals surface area (Å²) in [6, 6.07) is 18.6. The number of benzene rings is 3. The fraction of sp³-hybridized carbons (Fsp3) is 0.375. The van der Waals surface area contributed by atoms with Crippen molar-refractivity contribution < 1.29 is 18.3 Å². The summed E-state index contributed by atoms with van der Waals surface area (Å²) in [5.41, 5.74) is 2.10. The van der Waals surface area contributed by atoms with E-state index in [1.165, 1.54) is 52.9 Å².